The number of anilines is 3. The van der Waals surface area contributed by atoms with E-state index >= 15 is 0 Å². The van der Waals surface area contributed by atoms with E-state index in [9.17, 15) is 13.2 Å². The Morgan fingerprint density at radius 1 is 0.793 bits per heavy atom. The van der Waals surface area contributed by atoms with Gasteiger partial charge in [0.1, 0.15) is 18.0 Å². The molecule has 0 amide bonds. The molecular formula is C21H14ClF3N4. The zero-order chi connectivity index (χ0) is 20.4. The van der Waals surface area contributed by atoms with Crippen molar-refractivity contribution < 1.29 is 13.2 Å². The molecule has 2 N–H and O–H groups in total. The van der Waals surface area contributed by atoms with Crippen molar-refractivity contribution in [1.29, 1.82) is 0 Å². The molecule has 0 atom stereocenters. The molecular weight excluding hydrogens is 401 g/mol. The minimum Gasteiger partial charge on any atom is -0.381 e. The highest BCUT2D eigenvalue weighted by molar-refractivity contribution is 6.31. The molecule has 4 aromatic rings. The molecule has 4 nitrogen and oxygen atoms in total. The molecule has 0 bridgehead atoms. The van der Waals surface area contributed by atoms with Gasteiger partial charge in [-0.25, -0.2) is 23.1 Å². The van der Waals surface area contributed by atoms with Crippen LogP contribution in [0.3, 0.4) is 0 Å². The number of hydrogen-bond acceptors (Lipinski definition) is 4. The van der Waals surface area contributed by atoms with Crippen molar-refractivity contribution in [2.45, 2.75) is 6.54 Å². The maximum Gasteiger partial charge on any atom is 0.159 e. The monoisotopic (exact) mass is 414 g/mol. The minimum absolute atomic E-state index is 0.00208. The van der Waals surface area contributed by atoms with Crippen molar-refractivity contribution >= 4 is 39.7 Å². The van der Waals surface area contributed by atoms with E-state index in [0.717, 1.165) is 23.2 Å². The summed E-state index contributed by atoms with van der Waals surface area (Å²) in [5.74, 6) is -1.75. The SMILES string of the molecule is Fc1ccc(CNc2ccc3ncnc(Nc4ccc(F)c(Cl)c4)c3c2)cc1F. The Hall–Kier alpha value is -3.32. The molecule has 3 aromatic carbocycles. The first-order valence-electron chi connectivity index (χ1n) is 8.64. The van der Waals surface area contributed by atoms with Crippen LogP contribution in [0.5, 0.6) is 0 Å². The number of benzene rings is 3. The van der Waals surface area contributed by atoms with Crippen molar-refractivity contribution in [3.63, 3.8) is 0 Å². The predicted octanol–water partition coefficient (Wildman–Crippen LogP) is 6.06. The summed E-state index contributed by atoms with van der Waals surface area (Å²) in [5, 5.41) is 7.00. The van der Waals surface area contributed by atoms with E-state index in [4.69, 9.17) is 11.6 Å². The molecule has 1 aromatic heterocycles. The summed E-state index contributed by atoms with van der Waals surface area (Å²) in [7, 11) is 0. The number of fused-ring (bicyclic) bond motifs is 1. The van der Waals surface area contributed by atoms with E-state index in [1.807, 2.05) is 18.2 Å². The molecule has 8 heteroatoms. The maximum absolute atomic E-state index is 13.4. The molecule has 0 unspecified atom stereocenters. The molecule has 0 saturated carbocycles. The van der Waals surface area contributed by atoms with Crippen LogP contribution in [0.2, 0.25) is 5.02 Å². The molecule has 0 saturated heterocycles. The van der Waals surface area contributed by atoms with Crippen LogP contribution in [0.1, 0.15) is 5.56 Å². The standard InChI is InChI=1S/C21H14ClF3N4/c22-16-9-14(2-5-17(16)23)29-21-15-8-13(3-6-20(15)27-11-28-21)26-10-12-1-4-18(24)19(25)7-12/h1-9,11,26H,10H2,(H,27,28,29). The lowest BCUT2D eigenvalue weighted by atomic mass is 10.1. The summed E-state index contributed by atoms with van der Waals surface area (Å²) in [6.07, 6.45) is 1.42. The van der Waals surface area contributed by atoms with Gasteiger partial charge in [-0.1, -0.05) is 17.7 Å². The lowest BCUT2D eigenvalue weighted by molar-refractivity contribution is 0.507. The topological polar surface area (TPSA) is 49.8 Å². The third kappa shape index (κ3) is 4.25. The van der Waals surface area contributed by atoms with Crippen LogP contribution >= 0.6 is 11.6 Å². The lowest BCUT2D eigenvalue weighted by Crippen LogP contribution is -2.01. The zero-order valence-corrected chi connectivity index (χ0v) is 15.6. The van der Waals surface area contributed by atoms with Crippen LogP contribution in [0.15, 0.2) is 60.9 Å². The van der Waals surface area contributed by atoms with Crippen molar-refractivity contribution in [3.05, 3.63) is 89.0 Å². The molecule has 0 spiro atoms. The molecule has 0 radical (unpaired) electrons. The Morgan fingerprint density at radius 3 is 2.38 bits per heavy atom. The molecule has 0 aliphatic carbocycles. The predicted molar refractivity (Wildman–Crippen MR) is 108 cm³/mol. The molecule has 29 heavy (non-hydrogen) atoms. The van der Waals surface area contributed by atoms with Gasteiger partial charge in [0.25, 0.3) is 0 Å². The molecule has 146 valence electrons. The van der Waals surface area contributed by atoms with Gasteiger partial charge < -0.3 is 10.6 Å². The van der Waals surface area contributed by atoms with Crippen LogP contribution in [-0.4, -0.2) is 9.97 Å². The number of aromatic nitrogens is 2. The lowest BCUT2D eigenvalue weighted by Gasteiger charge is -2.11. The third-order valence-corrected chi connectivity index (χ3v) is 4.59. The highest BCUT2D eigenvalue weighted by Gasteiger charge is 2.08. The first-order valence-corrected chi connectivity index (χ1v) is 9.02. The average Bonchev–Trinajstić information content (AvgIpc) is 2.72. The fraction of sp³-hybridized carbons (Fsp3) is 0.0476. The highest BCUT2D eigenvalue weighted by atomic mass is 35.5. The first-order chi connectivity index (χ1) is 14.0. The number of halogens is 4. The summed E-state index contributed by atoms with van der Waals surface area (Å²) < 4.78 is 39.8. The molecule has 0 aliphatic heterocycles. The number of nitrogens with zero attached hydrogens (tertiary/aromatic N) is 2. The number of hydrogen-bond donors (Lipinski definition) is 2. The van der Waals surface area contributed by atoms with Crippen LogP contribution in [-0.2, 0) is 6.54 Å². The average molecular weight is 415 g/mol. The molecule has 0 fully saturated rings. The van der Waals surface area contributed by atoms with Crippen LogP contribution in [0.4, 0.5) is 30.4 Å². The van der Waals surface area contributed by atoms with Gasteiger partial charge in [-0.15, -0.1) is 0 Å². The minimum atomic E-state index is -0.888. The van der Waals surface area contributed by atoms with Gasteiger partial charge in [0, 0.05) is 23.3 Å². The van der Waals surface area contributed by atoms with Crippen LogP contribution in [0.25, 0.3) is 10.9 Å². The summed E-state index contributed by atoms with van der Waals surface area (Å²) in [6, 6.07) is 13.5. The first kappa shape index (κ1) is 19.0. The van der Waals surface area contributed by atoms with Gasteiger partial charge in [0.2, 0.25) is 0 Å². The van der Waals surface area contributed by atoms with Gasteiger partial charge in [0.05, 0.1) is 10.5 Å². The van der Waals surface area contributed by atoms with Crippen molar-refractivity contribution in [2.75, 3.05) is 10.6 Å². The van der Waals surface area contributed by atoms with Gasteiger partial charge in [-0.2, -0.15) is 0 Å². The Balaban J connectivity index is 1.59. The number of nitrogens with one attached hydrogen (secondary N) is 2. The van der Waals surface area contributed by atoms with E-state index in [2.05, 4.69) is 20.6 Å². The second-order valence-corrected chi connectivity index (χ2v) is 6.72. The summed E-state index contributed by atoms with van der Waals surface area (Å²) in [6.45, 7) is 0.312. The van der Waals surface area contributed by atoms with E-state index in [0.29, 0.717) is 29.1 Å². The molecule has 4 rings (SSSR count). The molecule has 1 heterocycles. The van der Waals surface area contributed by atoms with E-state index in [1.54, 1.807) is 6.07 Å². The smallest absolute Gasteiger partial charge is 0.159 e. The third-order valence-electron chi connectivity index (χ3n) is 4.30. The van der Waals surface area contributed by atoms with Crippen LogP contribution < -0.4 is 10.6 Å². The summed E-state index contributed by atoms with van der Waals surface area (Å²) in [5.41, 5.74) is 2.63. The molecule has 0 aliphatic rings. The van der Waals surface area contributed by atoms with Gasteiger partial charge in [-0.3, -0.25) is 0 Å². The van der Waals surface area contributed by atoms with Crippen molar-refractivity contribution in [3.8, 4) is 0 Å². The zero-order valence-electron chi connectivity index (χ0n) is 14.9. The maximum atomic E-state index is 13.4. The van der Waals surface area contributed by atoms with Gasteiger partial charge >= 0.3 is 0 Å². The van der Waals surface area contributed by atoms with Gasteiger partial charge in [0.15, 0.2) is 11.6 Å². The Bertz CT molecular complexity index is 1200. The summed E-state index contributed by atoms with van der Waals surface area (Å²) in [4.78, 5) is 8.50. The van der Waals surface area contributed by atoms with Crippen molar-refractivity contribution in [2.24, 2.45) is 0 Å². The van der Waals surface area contributed by atoms with Gasteiger partial charge in [-0.05, 0) is 54.1 Å². The second-order valence-electron chi connectivity index (χ2n) is 6.31. The van der Waals surface area contributed by atoms with E-state index in [1.165, 1.54) is 24.5 Å². The number of rotatable bonds is 5. The normalized spacial score (nSPS) is 10.9. The van der Waals surface area contributed by atoms with E-state index < -0.39 is 17.5 Å². The fourth-order valence-electron chi connectivity index (χ4n) is 2.83. The Morgan fingerprint density at radius 2 is 1.59 bits per heavy atom. The van der Waals surface area contributed by atoms with Crippen LogP contribution in [0, 0.1) is 17.5 Å². The quantitative estimate of drug-likeness (QED) is 0.417. The Kier molecular flexibility index (Phi) is 5.22. The largest absolute Gasteiger partial charge is 0.381 e. The summed E-state index contributed by atoms with van der Waals surface area (Å²) >= 11 is 5.84. The highest BCUT2D eigenvalue weighted by Crippen LogP contribution is 2.28. The second kappa shape index (κ2) is 7.97. The van der Waals surface area contributed by atoms with E-state index in [-0.39, 0.29) is 5.02 Å². The Labute approximate surface area is 169 Å². The van der Waals surface area contributed by atoms with Crippen molar-refractivity contribution in [1.82, 2.24) is 9.97 Å². The fourth-order valence-corrected chi connectivity index (χ4v) is 3.01.